The number of carboxylic acid groups (broad SMARTS) is 1. The van der Waals surface area contributed by atoms with Crippen LogP contribution < -0.4 is 0 Å². The van der Waals surface area contributed by atoms with Crippen molar-refractivity contribution in [3.63, 3.8) is 0 Å². The molecule has 0 unspecified atom stereocenters. The first kappa shape index (κ1) is 12.6. The largest absolute Gasteiger partial charge is 0.478 e. The lowest BCUT2D eigenvalue weighted by Gasteiger charge is -2.02. The van der Waals surface area contributed by atoms with Crippen molar-refractivity contribution in [2.45, 2.75) is 5.75 Å². The first-order chi connectivity index (χ1) is 8.29. The molecule has 1 aromatic heterocycles. The molecule has 0 bridgehead atoms. The number of aryl methyl sites for hydroxylation is 1. The van der Waals surface area contributed by atoms with E-state index in [2.05, 4.69) is 0 Å². The fourth-order valence-corrected chi connectivity index (χ4v) is 2.82. The van der Waals surface area contributed by atoms with Gasteiger partial charge in [-0.1, -0.05) is 6.07 Å². The molecule has 0 aliphatic carbocycles. The number of aromatic carboxylic acids is 1. The maximum absolute atomic E-state index is 11.3. The van der Waals surface area contributed by atoms with Crippen LogP contribution in [-0.2, 0) is 22.6 Å². The van der Waals surface area contributed by atoms with Crippen LogP contribution in [0.1, 0.15) is 16.1 Å². The maximum Gasteiger partial charge on any atom is 0.336 e. The molecule has 1 aromatic carbocycles. The van der Waals surface area contributed by atoms with E-state index in [1.165, 1.54) is 6.07 Å². The molecule has 2 rings (SSSR count). The van der Waals surface area contributed by atoms with E-state index in [1.54, 1.807) is 29.8 Å². The number of rotatable bonds is 3. The number of carbonyl (C=O) groups is 1. The van der Waals surface area contributed by atoms with E-state index in [1.807, 2.05) is 0 Å². The van der Waals surface area contributed by atoms with Crippen molar-refractivity contribution in [3.8, 4) is 0 Å². The highest BCUT2D eigenvalue weighted by molar-refractivity contribution is 7.89. The number of fused-ring (bicyclic) bond motifs is 1. The Kier molecular flexibility index (Phi) is 2.90. The maximum atomic E-state index is 11.3. The van der Waals surface area contributed by atoms with Crippen molar-refractivity contribution in [1.29, 1.82) is 0 Å². The van der Waals surface area contributed by atoms with Gasteiger partial charge in [0.1, 0.15) is 0 Å². The highest BCUT2D eigenvalue weighted by atomic mass is 32.2. The van der Waals surface area contributed by atoms with E-state index in [-0.39, 0.29) is 11.3 Å². The number of nitrogens with zero attached hydrogens (tertiary/aromatic N) is 1. The van der Waals surface area contributed by atoms with Gasteiger partial charge in [0.2, 0.25) is 0 Å². The van der Waals surface area contributed by atoms with Gasteiger partial charge in [0.25, 0.3) is 0 Å². The van der Waals surface area contributed by atoms with Gasteiger partial charge in [0.15, 0.2) is 9.84 Å². The quantitative estimate of drug-likeness (QED) is 0.912. The summed E-state index contributed by atoms with van der Waals surface area (Å²) >= 11 is 0. The highest BCUT2D eigenvalue weighted by Gasteiger charge is 2.15. The fourth-order valence-electron chi connectivity index (χ4n) is 2.01. The summed E-state index contributed by atoms with van der Waals surface area (Å²) in [6, 6.07) is 6.55. The van der Waals surface area contributed by atoms with Gasteiger partial charge >= 0.3 is 5.97 Å². The van der Waals surface area contributed by atoms with Gasteiger partial charge in [-0.3, -0.25) is 0 Å². The zero-order chi connectivity index (χ0) is 13.5. The summed E-state index contributed by atoms with van der Waals surface area (Å²) in [7, 11) is -1.42. The molecule has 1 N–H and O–H groups in total. The van der Waals surface area contributed by atoms with Gasteiger partial charge in [-0.2, -0.15) is 0 Å². The Morgan fingerprint density at radius 1 is 1.39 bits per heavy atom. The van der Waals surface area contributed by atoms with Gasteiger partial charge in [0, 0.05) is 29.9 Å². The zero-order valence-electron chi connectivity index (χ0n) is 10.0. The van der Waals surface area contributed by atoms with Crippen LogP contribution in [0.3, 0.4) is 0 Å². The Labute approximate surface area is 105 Å². The number of aromatic nitrogens is 1. The summed E-state index contributed by atoms with van der Waals surface area (Å²) in [6.45, 7) is 0. The van der Waals surface area contributed by atoms with Crippen LogP contribution in [0.15, 0.2) is 24.3 Å². The van der Waals surface area contributed by atoms with Crippen molar-refractivity contribution in [1.82, 2.24) is 4.57 Å². The Balaban J connectivity index is 2.70. The molecule has 1 heterocycles. The third-order valence-corrected chi connectivity index (χ3v) is 3.65. The number of benzene rings is 1. The number of sulfone groups is 1. The van der Waals surface area contributed by atoms with Crippen LogP contribution in [0.2, 0.25) is 0 Å². The van der Waals surface area contributed by atoms with Crippen molar-refractivity contribution < 1.29 is 18.3 Å². The zero-order valence-corrected chi connectivity index (χ0v) is 10.9. The minimum atomic E-state index is -3.15. The highest BCUT2D eigenvalue weighted by Crippen LogP contribution is 2.23. The molecule has 0 aliphatic rings. The summed E-state index contributed by atoms with van der Waals surface area (Å²) < 4.78 is 24.3. The smallest absolute Gasteiger partial charge is 0.336 e. The van der Waals surface area contributed by atoms with Gasteiger partial charge in [-0.05, 0) is 18.2 Å². The second kappa shape index (κ2) is 4.13. The van der Waals surface area contributed by atoms with E-state index in [0.29, 0.717) is 16.6 Å². The Morgan fingerprint density at radius 2 is 2.06 bits per heavy atom. The van der Waals surface area contributed by atoms with Crippen molar-refractivity contribution in [3.05, 3.63) is 35.5 Å². The molecule has 2 aromatic rings. The van der Waals surface area contributed by atoms with E-state index in [9.17, 15) is 13.2 Å². The van der Waals surface area contributed by atoms with Crippen LogP contribution in [0.4, 0.5) is 0 Å². The topological polar surface area (TPSA) is 76.4 Å². The van der Waals surface area contributed by atoms with Crippen LogP contribution in [0.5, 0.6) is 0 Å². The number of hydrogen-bond donors (Lipinski definition) is 1. The van der Waals surface area contributed by atoms with Crippen LogP contribution in [0.25, 0.3) is 10.9 Å². The van der Waals surface area contributed by atoms with Crippen LogP contribution >= 0.6 is 0 Å². The second-order valence-corrected chi connectivity index (χ2v) is 6.45. The van der Waals surface area contributed by atoms with Gasteiger partial charge in [0.05, 0.1) is 11.3 Å². The molecule has 0 radical (unpaired) electrons. The van der Waals surface area contributed by atoms with Crippen molar-refractivity contribution >= 4 is 26.7 Å². The molecule has 0 fully saturated rings. The predicted octanol–water partition coefficient (Wildman–Crippen LogP) is 1.42. The van der Waals surface area contributed by atoms with Crippen molar-refractivity contribution in [2.24, 2.45) is 7.05 Å². The van der Waals surface area contributed by atoms with Crippen LogP contribution in [-0.4, -0.2) is 30.3 Å². The van der Waals surface area contributed by atoms with E-state index in [4.69, 9.17) is 5.11 Å². The lowest BCUT2D eigenvalue weighted by Crippen LogP contribution is -2.05. The molecule has 0 aliphatic heterocycles. The number of carboxylic acids is 1. The predicted molar refractivity (Wildman–Crippen MR) is 68.4 cm³/mol. The molecular formula is C12H13NO4S. The second-order valence-electron chi connectivity index (χ2n) is 4.31. The summed E-state index contributed by atoms with van der Waals surface area (Å²) in [5.74, 6) is -1.12. The summed E-state index contributed by atoms with van der Waals surface area (Å²) in [6.07, 6.45) is 1.16. The average molecular weight is 267 g/mol. The molecule has 6 heteroatoms. The van der Waals surface area contributed by atoms with Gasteiger partial charge < -0.3 is 9.67 Å². The Morgan fingerprint density at radius 3 is 2.61 bits per heavy atom. The monoisotopic (exact) mass is 267 g/mol. The van der Waals surface area contributed by atoms with E-state index < -0.39 is 15.8 Å². The SMILES string of the molecule is Cn1c(CS(C)(=O)=O)cc2c(C(=O)O)cccc21. The Hall–Kier alpha value is -1.82. The first-order valence-electron chi connectivity index (χ1n) is 5.28. The van der Waals surface area contributed by atoms with Gasteiger partial charge in [-0.25, -0.2) is 13.2 Å². The normalized spacial score (nSPS) is 11.9. The first-order valence-corrected chi connectivity index (χ1v) is 7.34. The fraction of sp³-hybridized carbons (Fsp3) is 0.250. The summed E-state index contributed by atoms with van der Waals surface area (Å²) in [4.78, 5) is 11.1. The molecule has 0 atom stereocenters. The third kappa shape index (κ3) is 2.24. The average Bonchev–Trinajstić information content (AvgIpc) is 2.53. The summed E-state index contributed by atoms with van der Waals surface area (Å²) in [5, 5.41) is 9.65. The van der Waals surface area contributed by atoms with Crippen molar-refractivity contribution in [2.75, 3.05) is 6.26 Å². The van der Waals surface area contributed by atoms with E-state index >= 15 is 0 Å². The summed E-state index contributed by atoms with van der Waals surface area (Å²) in [5.41, 5.74) is 1.48. The number of hydrogen-bond acceptors (Lipinski definition) is 3. The lowest BCUT2D eigenvalue weighted by molar-refractivity contribution is 0.0699. The molecule has 0 amide bonds. The molecule has 18 heavy (non-hydrogen) atoms. The lowest BCUT2D eigenvalue weighted by atomic mass is 10.1. The molecule has 96 valence electrons. The molecule has 0 saturated heterocycles. The van der Waals surface area contributed by atoms with Crippen LogP contribution in [0, 0.1) is 0 Å². The third-order valence-electron chi connectivity index (χ3n) is 2.83. The Bertz CT molecular complexity index is 728. The molecular weight excluding hydrogens is 254 g/mol. The minimum absolute atomic E-state index is 0.1000. The molecule has 5 nitrogen and oxygen atoms in total. The minimum Gasteiger partial charge on any atom is -0.478 e. The van der Waals surface area contributed by atoms with Gasteiger partial charge in [-0.15, -0.1) is 0 Å². The molecule has 0 saturated carbocycles. The molecule has 0 spiro atoms. The standard InChI is InChI=1S/C12H13NO4S/c1-13-8(7-18(2,16)17)6-10-9(12(14)15)4-3-5-11(10)13/h3-6H,7H2,1-2H3,(H,14,15). The van der Waals surface area contributed by atoms with E-state index in [0.717, 1.165) is 6.26 Å².